The largest absolute Gasteiger partial charge is 0.256 e. The average molecular weight is 766 g/mol. The third-order valence-electron chi connectivity index (χ3n) is 12.3. The molecule has 1 nitrogen and oxygen atoms in total. The number of pyridine rings is 1. The molecule has 1 heteroatoms. The Bertz CT molecular complexity index is 3180. The second-order valence-electron chi connectivity index (χ2n) is 15.9. The summed E-state index contributed by atoms with van der Waals surface area (Å²) < 4.78 is 0. The summed E-state index contributed by atoms with van der Waals surface area (Å²) in [6.45, 7) is 0. The minimum atomic E-state index is 1.00. The van der Waals surface area contributed by atoms with E-state index in [0.717, 1.165) is 36.6 Å². The van der Waals surface area contributed by atoms with E-state index in [1.54, 1.807) is 0 Å². The zero-order chi connectivity index (χ0) is 39.8. The predicted octanol–water partition coefficient (Wildman–Crippen LogP) is 16.3. The van der Waals surface area contributed by atoms with Crippen molar-refractivity contribution in [1.29, 1.82) is 0 Å². The van der Waals surface area contributed by atoms with Crippen LogP contribution in [0.4, 0.5) is 0 Å². The zero-order valence-corrected chi connectivity index (χ0v) is 33.5. The number of allylic oxidation sites excluding steroid dienone is 8. The Kier molecular flexibility index (Phi) is 9.21. The van der Waals surface area contributed by atoms with E-state index in [0.29, 0.717) is 0 Å². The van der Waals surface area contributed by atoms with Gasteiger partial charge < -0.3 is 0 Å². The lowest BCUT2D eigenvalue weighted by molar-refractivity contribution is 1.04. The van der Waals surface area contributed by atoms with Gasteiger partial charge in [0.15, 0.2) is 0 Å². The molecule has 2 aliphatic carbocycles. The number of aromatic nitrogens is 1. The van der Waals surface area contributed by atoms with Crippen LogP contribution in [0.2, 0.25) is 0 Å². The lowest BCUT2D eigenvalue weighted by atomic mass is 9.77. The minimum absolute atomic E-state index is 1.00. The van der Waals surface area contributed by atoms with Gasteiger partial charge >= 0.3 is 0 Å². The van der Waals surface area contributed by atoms with Crippen molar-refractivity contribution >= 4 is 43.6 Å². The summed E-state index contributed by atoms with van der Waals surface area (Å²) >= 11 is 0. The van der Waals surface area contributed by atoms with Crippen LogP contribution in [0.25, 0.3) is 99.2 Å². The minimum Gasteiger partial charge on any atom is -0.256 e. The topological polar surface area (TPSA) is 12.9 Å². The molecule has 0 fully saturated rings. The summed E-state index contributed by atoms with van der Waals surface area (Å²) in [5.74, 6) is 0. The molecule has 0 spiro atoms. The fraction of sp³-hybridized carbons (Fsp3) is 0.0678. The van der Waals surface area contributed by atoms with Gasteiger partial charge in [0.1, 0.15) is 0 Å². The first-order valence-electron chi connectivity index (χ1n) is 21.3. The Morgan fingerprint density at radius 3 is 1.48 bits per heavy atom. The molecule has 0 radical (unpaired) electrons. The van der Waals surface area contributed by atoms with E-state index >= 15 is 0 Å². The molecule has 60 heavy (non-hydrogen) atoms. The fourth-order valence-electron chi connectivity index (χ4n) is 9.66. The van der Waals surface area contributed by atoms with Crippen molar-refractivity contribution in [2.75, 3.05) is 0 Å². The number of hydrogen-bond donors (Lipinski definition) is 0. The van der Waals surface area contributed by atoms with Gasteiger partial charge in [-0.1, -0.05) is 182 Å². The molecule has 0 N–H and O–H groups in total. The number of benzene rings is 8. The Balaban J connectivity index is 1.21. The van der Waals surface area contributed by atoms with Crippen molar-refractivity contribution in [1.82, 2.24) is 4.98 Å². The quantitative estimate of drug-likeness (QED) is 0.147. The zero-order valence-electron chi connectivity index (χ0n) is 33.5. The van der Waals surface area contributed by atoms with Crippen LogP contribution in [0.1, 0.15) is 36.8 Å². The Morgan fingerprint density at radius 2 is 0.867 bits per heavy atom. The van der Waals surface area contributed by atoms with Gasteiger partial charge in [0, 0.05) is 11.6 Å². The molecule has 0 unspecified atom stereocenters. The fourth-order valence-corrected chi connectivity index (χ4v) is 9.66. The maximum absolute atomic E-state index is 4.74. The molecule has 1 heterocycles. The van der Waals surface area contributed by atoms with Crippen molar-refractivity contribution in [2.45, 2.75) is 25.7 Å². The van der Waals surface area contributed by atoms with Crippen molar-refractivity contribution in [3.63, 3.8) is 0 Å². The first kappa shape index (κ1) is 35.8. The van der Waals surface area contributed by atoms with E-state index in [2.05, 4.69) is 200 Å². The van der Waals surface area contributed by atoms with Crippen LogP contribution in [0.5, 0.6) is 0 Å². The second-order valence-corrected chi connectivity index (χ2v) is 15.9. The highest BCUT2D eigenvalue weighted by molar-refractivity contribution is 6.22. The molecule has 9 aromatic rings. The van der Waals surface area contributed by atoms with Crippen LogP contribution < -0.4 is 0 Å². The maximum atomic E-state index is 4.74. The highest BCUT2D eigenvalue weighted by atomic mass is 14.6. The monoisotopic (exact) mass is 765 g/mol. The molecule has 8 aromatic carbocycles. The van der Waals surface area contributed by atoms with Gasteiger partial charge in [0.05, 0.1) is 5.52 Å². The van der Waals surface area contributed by atoms with Crippen LogP contribution in [-0.2, 0) is 0 Å². The second kappa shape index (κ2) is 15.4. The van der Waals surface area contributed by atoms with E-state index < -0.39 is 0 Å². The van der Waals surface area contributed by atoms with E-state index in [4.69, 9.17) is 4.98 Å². The molecule has 284 valence electrons. The van der Waals surface area contributed by atoms with Crippen LogP contribution in [0.3, 0.4) is 0 Å². The maximum Gasteiger partial charge on any atom is 0.0708 e. The molecule has 11 rings (SSSR count). The number of fused-ring (bicyclic) bond motifs is 3. The highest BCUT2D eigenvalue weighted by Crippen LogP contribution is 2.50. The van der Waals surface area contributed by atoms with Crippen molar-refractivity contribution < 1.29 is 0 Å². The van der Waals surface area contributed by atoms with Crippen LogP contribution in [-0.4, -0.2) is 4.98 Å². The highest BCUT2D eigenvalue weighted by Gasteiger charge is 2.26. The summed E-state index contributed by atoms with van der Waals surface area (Å²) in [6, 6.07) is 62.6. The van der Waals surface area contributed by atoms with E-state index in [1.165, 1.54) is 99.5 Å². The summed E-state index contributed by atoms with van der Waals surface area (Å²) in [5, 5.41) is 6.09. The number of hydrogen-bond acceptors (Lipinski definition) is 1. The lowest BCUT2D eigenvalue weighted by Gasteiger charge is -2.26. The molecular formula is C59H43N. The molecule has 0 amide bonds. The van der Waals surface area contributed by atoms with Gasteiger partial charge in [-0.3, -0.25) is 4.98 Å². The van der Waals surface area contributed by atoms with Gasteiger partial charge in [0.25, 0.3) is 0 Å². The average Bonchev–Trinajstić information content (AvgIpc) is 3.33. The van der Waals surface area contributed by atoms with Crippen molar-refractivity contribution in [3.8, 4) is 55.6 Å². The molecule has 0 bridgehead atoms. The summed E-state index contributed by atoms with van der Waals surface area (Å²) in [7, 11) is 0. The third-order valence-corrected chi connectivity index (χ3v) is 12.3. The van der Waals surface area contributed by atoms with Crippen molar-refractivity contribution in [2.24, 2.45) is 0 Å². The Morgan fingerprint density at radius 1 is 0.333 bits per heavy atom. The van der Waals surface area contributed by atoms with Gasteiger partial charge in [-0.25, -0.2) is 0 Å². The standard InChI is InChI=1S/C59H43N/c1-5-19-40(20-6-1)52-39-53(58(43-23-9-3-10-24-43)59(44-25-11-4-12-26-44)57(52)42-21-7-2-8-22-42)45-27-17-28-46(37-45)55-48-30-13-15-32-50(48)56(51-33-16-14-31-49(51)55)47-35-34-41-29-18-36-60-54(41)38-47/h1,3,5-7,9-11,13-39H,2,4,8,12H2. The lowest BCUT2D eigenvalue weighted by Crippen LogP contribution is -2.04. The predicted molar refractivity (Wildman–Crippen MR) is 257 cm³/mol. The molecule has 0 aliphatic heterocycles. The van der Waals surface area contributed by atoms with E-state index in [1.807, 2.05) is 12.3 Å². The van der Waals surface area contributed by atoms with Gasteiger partial charge in [-0.05, 0) is 149 Å². The summed E-state index contributed by atoms with van der Waals surface area (Å²) in [4.78, 5) is 4.74. The van der Waals surface area contributed by atoms with Gasteiger partial charge in [-0.15, -0.1) is 0 Å². The van der Waals surface area contributed by atoms with Gasteiger partial charge in [0.2, 0.25) is 0 Å². The SMILES string of the molecule is C1=CC(c2c(-c3ccccc3)cc(-c3cccc(-c4c5ccccc5c(-c5ccc6cccnc6c5)c5ccccc45)c3)c(-c3ccccc3)c2C2=CCCC=C2)=CCC1. The first-order chi connectivity index (χ1) is 29.8. The molecular weight excluding hydrogens is 723 g/mol. The van der Waals surface area contributed by atoms with Gasteiger partial charge in [-0.2, -0.15) is 0 Å². The molecule has 0 saturated carbocycles. The van der Waals surface area contributed by atoms with Crippen molar-refractivity contribution in [3.05, 3.63) is 224 Å². The van der Waals surface area contributed by atoms with Crippen LogP contribution in [0.15, 0.2) is 213 Å². The smallest absolute Gasteiger partial charge is 0.0708 e. The molecule has 2 aliphatic rings. The number of nitrogens with zero attached hydrogens (tertiary/aromatic N) is 1. The molecule has 0 saturated heterocycles. The van der Waals surface area contributed by atoms with Crippen LogP contribution >= 0.6 is 0 Å². The van der Waals surface area contributed by atoms with E-state index in [9.17, 15) is 0 Å². The Hall–Kier alpha value is -7.35. The summed E-state index contributed by atoms with van der Waals surface area (Å²) in [5.41, 5.74) is 18.5. The molecule has 0 atom stereocenters. The first-order valence-corrected chi connectivity index (χ1v) is 21.3. The molecule has 1 aromatic heterocycles. The Labute approximate surface area is 352 Å². The van der Waals surface area contributed by atoms with E-state index in [-0.39, 0.29) is 0 Å². The number of rotatable bonds is 7. The van der Waals surface area contributed by atoms with Crippen LogP contribution in [0, 0.1) is 0 Å². The summed E-state index contributed by atoms with van der Waals surface area (Å²) in [6.07, 6.45) is 20.4. The third kappa shape index (κ3) is 6.31. The normalized spacial score (nSPS) is 13.8.